The van der Waals surface area contributed by atoms with Gasteiger partial charge in [0.05, 0.1) is 24.6 Å². The van der Waals surface area contributed by atoms with Crippen LogP contribution in [0, 0.1) is 6.92 Å². The largest absolute Gasteiger partial charge is 0.378 e. The van der Waals surface area contributed by atoms with E-state index in [1.807, 2.05) is 30.3 Å². The van der Waals surface area contributed by atoms with Crippen molar-refractivity contribution in [2.45, 2.75) is 6.92 Å². The molecule has 2 amide bonds. The van der Waals surface area contributed by atoms with Crippen molar-refractivity contribution in [3.8, 4) is 0 Å². The van der Waals surface area contributed by atoms with Crippen LogP contribution in [0.1, 0.15) is 5.56 Å². The molecule has 1 N–H and O–H groups in total. The van der Waals surface area contributed by atoms with E-state index in [0.29, 0.717) is 45.1 Å². The molecule has 4 rings (SSSR count). The lowest BCUT2D eigenvalue weighted by molar-refractivity contribution is -0.143. The van der Waals surface area contributed by atoms with Gasteiger partial charge in [0.2, 0.25) is 0 Å². The molecule has 0 radical (unpaired) electrons. The highest BCUT2D eigenvalue weighted by atomic mass is 16.5. The molecule has 30 heavy (non-hydrogen) atoms. The first kappa shape index (κ1) is 20.2. The quantitative estimate of drug-likeness (QED) is 0.789. The van der Waals surface area contributed by atoms with Gasteiger partial charge in [-0.15, -0.1) is 0 Å². The minimum atomic E-state index is -0.584. The van der Waals surface area contributed by atoms with Crippen molar-refractivity contribution in [2.24, 2.45) is 0 Å². The minimum absolute atomic E-state index is 0.476. The second-order valence-corrected chi connectivity index (χ2v) is 7.69. The molecular formula is C23H28N4O3. The highest BCUT2D eigenvalue weighted by Gasteiger charge is 2.27. The molecule has 2 fully saturated rings. The SMILES string of the molecule is Cc1cccc(N2CCN(C(=O)C(=O)Nc3ccccc3N3CCOCC3)CC2)c1. The van der Waals surface area contributed by atoms with E-state index in [1.54, 1.807) is 4.90 Å². The molecule has 7 nitrogen and oxygen atoms in total. The molecule has 2 saturated heterocycles. The van der Waals surface area contributed by atoms with Crippen molar-refractivity contribution < 1.29 is 14.3 Å². The fourth-order valence-corrected chi connectivity index (χ4v) is 3.97. The highest BCUT2D eigenvalue weighted by Crippen LogP contribution is 2.26. The third kappa shape index (κ3) is 4.57. The Morgan fingerprint density at radius 2 is 1.60 bits per heavy atom. The number of hydrogen-bond acceptors (Lipinski definition) is 5. The summed E-state index contributed by atoms with van der Waals surface area (Å²) in [5, 5.41) is 2.83. The Morgan fingerprint density at radius 1 is 0.867 bits per heavy atom. The predicted octanol–water partition coefficient (Wildman–Crippen LogP) is 2.12. The number of amides is 2. The van der Waals surface area contributed by atoms with Crippen LogP contribution in [0.5, 0.6) is 0 Å². The van der Waals surface area contributed by atoms with Crippen LogP contribution in [0.15, 0.2) is 48.5 Å². The first-order valence-corrected chi connectivity index (χ1v) is 10.5. The molecule has 0 aliphatic carbocycles. The molecule has 7 heteroatoms. The van der Waals surface area contributed by atoms with Gasteiger partial charge in [-0.25, -0.2) is 0 Å². The summed E-state index contributed by atoms with van der Waals surface area (Å²) in [6.45, 7) is 7.42. The number of carbonyl (C=O) groups is 2. The zero-order valence-electron chi connectivity index (χ0n) is 17.3. The van der Waals surface area contributed by atoms with Gasteiger partial charge in [0, 0.05) is 45.0 Å². The molecule has 2 aromatic rings. The van der Waals surface area contributed by atoms with Crippen LogP contribution in [0.4, 0.5) is 17.1 Å². The molecule has 2 aromatic carbocycles. The van der Waals surface area contributed by atoms with Gasteiger partial charge >= 0.3 is 11.8 Å². The van der Waals surface area contributed by atoms with Crippen molar-refractivity contribution >= 4 is 28.9 Å². The van der Waals surface area contributed by atoms with E-state index in [1.165, 1.54) is 5.56 Å². The molecule has 0 bridgehead atoms. The Kier molecular flexibility index (Phi) is 6.18. The summed E-state index contributed by atoms with van der Waals surface area (Å²) in [6, 6.07) is 15.9. The van der Waals surface area contributed by atoms with E-state index in [2.05, 4.69) is 40.2 Å². The summed E-state index contributed by atoms with van der Waals surface area (Å²) >= 11 is 0. The van der Waals surface area contributed by atoms with E-state index >= 15 is 0 Å². The van der Waals surface area contributed by atoms with Crippen LogP contribution in [0.25, 0.3) is 0 Å². The summed E-state index contributed by atoms with van der Waals surface area (Å²) in [5.74, 6) is -1.06. The lowest BCUT2D eigenvalue weighted by Gasteiger charge is -2.36. The number of nitrogens with one attached hydrogen (secondary N) is 1. The summed E-state index contributed by atoms with van der Waals surface area (Å²) in [5.41, 5.74) is 3.96. The number of para-hydroxylation sites is 2. The van der Waals surface area contributed by atoms with E-state index in [9.17, 15) is 9.59 Å². The van der Waals surface area contributed by atoms with E-state index in [0.717, 1.165) is 24.5 Å². The van der Waals surface area contributed by atoms with Crippen LogP contribution < -0.4 is 15.1 Å². The van der Waals surface area contributed by atoms with Crippen LogP contribution in [-0.2, 0) is 14.3 Å². The fourth-order valence-electron chi connectivity index (χ4n) is 3.97. The number of hydrogen-bond donors (Lipinski definition) is 1. The molecule has 0 aromatic heterocycles. The Balaban J connectivity index is 1.36. The summed E-state index contributed by atoms with van der Waals surface area (Å²) in [4.78, 5) is 31.5. The van der Waals surface area contributed by atoms with Crippen LogP contribution in [0.3, 0.4) is 0 Å². The fraction of sp³-hybridized carbons (Fsp3) is 0.391. The number of aryl methyl sites for hydroxylation is 1. The topological polar surface area (TPSA) is 65.1 Å². The maximum atomic E-state index is 12.7. The number of carbonyl (C=O) groups excluding carboxylic acids is 2. The average molecular weight is 409 g/mol. The molecule has 2 heterocycles. The maximum absolute atomic E-state index is 12.7. The first-order valence-electron chi connectivity index (χ1n) is 10.5. The standard InChI is InChI=1S/C23H28N4O3/c1-18-5-4-6-19(17-18)25-9-11-27(12-10-25)23(29)22(28)24-20-7-2-3-8-21(20)26-13-15-30-16-14-26/h2-8,17H,9-16H2,1H3,(H,24,28). The number of ether oxygens (including phenoxy) is 1. The lowest BCUT2D eigenvalue weighted by Crippen LogP contribution is -2.51. The number of nitrogens with zero attached hydrogens (tertiary/aromatic N) is 3. The molecule has 158 valence electrons. The van der Waals surface area contributed by atoms with Gasteiger partial charge in [-0.2, -0.15) is 0 Å². The maximum Gasteiger partial charge on any atom is 0.313 e. The average Bonchev–Trinajstić information content (AvgIpc) is 2.79. The smallest absolute Gasteiger partial charge is 0.313 e. The highest BCUT2D eigenvalue weighted by molar-refractivity contribution is 6.39. The first-order chi connectivity index (χ1) is 14.6. The molecule has 0 spiro atoms. The second-order valence-electron chi connectivity index (χ2n) is 7.69. The van der Waals surface area contributed by atoms with Crippen molar-refractivity contribution in [1.82, 2.24) is 4.90 Å². The Labute approximate surface area is 177 Å². The molecule has 0 atom stereocenters. The Hall–Kier alpha value is -3.06. The van der Waals surface area contributed by atoms with Gasteiger partial charge in [0.25, 0.3) is 0 Å². The zero-order chi connectivity index (χ0) is 20.9. The molecule has 2 aliphatic rings. The van der Waals surface area contributed by atoms with Crippen molar-refractivity contribution in [3.63, 3.8) is 0 Å². The van der Waals surface area contributed by atoms with E-state index in [4.69, 9.17) is 4.74 Å². The number of benzene rings is 2. The van der Waals surface area contributed by atoms with Crippen molar-refractivity contribution in [3.05, 3.63) is 54.1 Å². The third-order valence-corrected chi connectivity index (χ3v) is 5.63. The van der Waals surface area contributed by atoms with Gasteiger partial charge in [0.1, 0.15) is 0 Å². The number of morpholine rings is 1. The monoisotopic (exact) mass is 408 g/mol. The van der Waals surface area contributed by atoms with Gasteiger partial charge in [0.15, 0.2) is 0 Å². The normalized spacial score (nSPS) is 17.0. The van der Waals surface area contributed by atoms with Gasteiger partial charge in [-0.3, -0.25) is 9.59 Å². The van der Waals surface area contributed by atoms with E-state index in [-0.39, 0.29) is 0 Å². The predicted molar refractivity (Wildman–Crippen MR) is 118 cm³/mol. The Bertz CT molecular complexity index is 903. The van der Waals surface area contributed by atoms with Gasteiger partial charge in [-0.1, -0.05) is 24.3 Å². The van der Waals surface area contributed by atoms with Crippen molar-refractivity contribution in [1.29, 1.82) is 0 Å². The molecular weight excluding hydrogens is 380 g/mol. The summed E-state index contributed by atoms with van der Waals surface area (Å²) < 4.78 is 5.41. The molecule has 0 saturated carbocycles. The molecule has 2 aliphatic heterocycles. The molecule has 0 unspecified atom stereocenters. The van der Waals surface area contributed by atoms with E-state index < -0.39 is 11.8 Å². The minimum Gasteiger partial charge on any atom is -0.378 e. The number of rotatable bonds is 3. The van der Waals surface area contributed by atoms with Crippen LogP contribution in [-0.4, -0.2) is 69.2 Å². The lowest BCUT2D eigenvalue weighted by atomic mass is 10.2. The zero-order valence-corrected chi connectivity index (χ0v) is 17.3. The number of anilines is 3. The van der Waals surface area contributed by atoms with Crippen LogP contribution >= 0.6 is 0 Å². The summed E-state index contributed by atoms with van der Waals surface area (Å²) in [6.07, 6.45) is 0. The van der Waals surface area contributed by atoms with Gasteiger partial charge in [-0.05, 0) is 36.8 Å². The number of piperazine rings is 1. The third-order valence-electron chi connectivity index (χ3n) is 5.63. The van der Waals surface area contributed by atoms with Crippen LogP contribution in [0.2, 0.25) is 0 Å². The second kappa shape index (κ2) is 9.17. The van der Waals surface area contributed by atoms with Gasteiger partial charge < -0.3 is 24.8 Å². The van der Waals surface area contributed by atoms with Crippen molar-refractivity contribution in [2.75, 3.05) is 67.6 Å². The summed E-state index contributed by atoms with van der Waals surface area (Å²) in [7, 11) is 0. The Morgan fingerprint density at radius 3 is 2.33 bits per heavy atom.